The summed E-state index contributed by atoms with van der Waals surface area (Å²) in [5.41, 5.74) is 2.26. The van der Waals surface area contributed by atoms with Gasteiger partial charge in [0, 0.05) is 31.6 Å². The Balaban J connectivity index is 1.61. The van der Waals surface area contributed by atoms with Crippen LogP contribution in [0.2, 0.25) is 0 Å². The van der Waals surface area contributed by atoms with Crippen LogP contribution in [0.1, 0.15) is 12.0 Å². The maximum atomic E-state index is 12.0. The molecule has 1 atom stereocenters. The Hall–Kier alpha value is -2.06. The monoisotopic (exact) mass is 432 g/mol. The van der Waals surface area contributed by atoms with E-state index < -0.39 is 6.04 Å². The van der Waals surface area contributed by atoms with Crippen LogP contribution in [0.25, 0.3) is 10.9 Å². The van der Waals surface area contributed by atoms with Crippen molar-refractivity contribution in [2.75, 3.05) is 50.2 Å². The molecule has 0 aliphatic carbocycles. The van der Waals surface area contributed by atoms with Gasteiger partial charge in [0.1, 0.15) is 11.9 Å². The topological polar surface area (TPSA) is 57.7 Å². The maximum absolute atomic E-state index is 12.0. The van der Waals surface area contributed by atoms with Gasteiger partial charge in [-0.15, -0.1) is 0 Å². The summed E-state index contributed by atoms with van der Waals surface area (Å²) in [6.45, 7) is 5.37. The number of ether oxygens (including phenoxy) is 1. The molecule has 1 fully saturated rings. The number of thiocarbonyl (C=S) groups is 1. The number of esters is 1. The average Bonchev–Trinajstić information content (AvgIpc) is 2.76. The van der Waals surface area contributed by atoms with E-state index in [1.807, 2.05) is 18.4 Å². The van der Waals surface area contributed by atoms with Gasteiger partial charge in [-0.05, 0) is 55.3 Å². The Morgan fingerprint density at radius 1 is 1.31 bits per heavy atom. The molecule has 1 aliphatic heterocycles. The predicted molar refractivity (Wildman–Crippen MR) is 125 cm³/mol. The van der Waals surface area contributed by atoms with Gasteiger partial charge in [-0.1, -0.05) is 18.2 Å². The normalized spacial score (nSPS) is 15.3. The zero-order chi connectivity index (χ0) is 20.8. The number of hydrogen-bond donors (Lipinski definition) is 1. The minimum atomic E-state index is -0.400. The highest BCUT2D eigenvalue weighted by Crippen LogP contribution is 2.23. The van der Waals surface area contributed by atoms with Crippen molar-refractivity contribution in [2.45, 2.75) is 19.4 Å². The molecule has 0 unspecified atom stereocenters. The van der Waals surface area contributed by atoms with E-state index in [0.717, 1.165) is 43.3 Å². The molecule has 3 rings (SSSR count). The molecule has 0 amide bonds. The molecule has 1 aliphatic rings. The highest BCUT2D eigenvalue weighted by molar-refractivity contribution is 7.98. The van der Waals surface area contributed by atoms with Crippen LogP contribution in [0.3, 0.4) is 0 Å². The van der Waals surface area contributed by atoms with Gasteiger partial charge in [-0.3, -0.25) is 0 Å². The van der Waals surface area contributed by atoms with Gasteiger partial charge >= 0.3 is 5.97 Å². The number of nitrogens with one attached hydrogen (secondary N) is 1. The van der Waals surface area contributed by atoms with Crippen LogP contribution in [-0.2, 0) is 9.53 Å². The van der Waals surface area contributed by atoms with E-state index in [4.69, 9.17) is 21.9 Å². The number of piperazine rings is 1. The fourth-order valence-electron chi connectivity index (χ4n) is 3.50. The molecular weight excluding hydrogens is 404 g/mol. The summed E-state index contributed by atoms with van der Waals surface area (Å²) >= 11 is 7.28. The van der Waals surface area contributed by atoms with Gasteiger partial charge in [0.25, 0.3) is 0 Å². The summed E-state index contributed by atoms with van der Waals surface area (Å²) in [6, 6.07) is 9.99. The van der Waals surface area contributed by atoms with Crippen molar-refractivity contribution in [2.24, 2.45) is 0 Å². The first-order chi connectivity index (χ1) is 14.0. The first kappa shape index (κ1) is 21.6. The molecule has 1 N–H and O–H groups in total. The highest BCUT2D eigenvalue weighted by Gasteiger charge is 2.25. The van der Waals surface area contributed by atoms with E-state index in [2.05, 4.69) is 40.2 Å². The molecule has 0 bridgehead atoms. The smallest absolute Gasteiger partial charge is 0.328 e. The summed E-state index contributed by atoms with van der Waals surface area (Å²) in [6.07, 6.45) is 2.71. The zero-order valence-electron chi connectivity index (χ0n) is 17.2. The Kier molecular flexibility index (Phi) is 7.55. The molecule has 29 heavy (non-hydrogen) atoms. The van der Waals surface area contributed by atoms with Gasteiger partial charge in [0.15, 0.2) is 5.11 Å². The number of aryl methyl sites for hydroxylation is 1. The molecule has 2 aromatic rings. The third-order valence-corrected chi connectivity index (χ3v) is 6.21. The number of anilines is 1. The number of benzene rings is 1. The summed E-state index contributed by atoms with van der Waals surface area (Å²) in [4.78, 5) is 21.3. The Labute approximate surface area is 182 Å². The maximum Gasteiger partial charge on any atom is 0.328 e. The Morgan fingerprint density at radius 2 is 2.03 bits per heavy atom. The summed E-state index contributed by atoms with van der Waals surface area (Å²) in [5.74, 6) is 1.61. The number of carbonyl (C=O) groups is 1. The van der Waals surface area contributed by atoms with Crippen LogP contribution in [0.15, 0.2) is 30.3 Å². The zero-order valence-corrected chi connectivity index (χ0v) is 18.8. The third kappa shape index (κ3) is 5.30. The van der Waals surface area contributed by atoms with Gasteiger partial charge in [-0.25, -0.2) is 9.78 Å². The molecule has 1 saturated heterocycles. The highest BCUT2D eigenvalue weighted by atomic mass is 32.2. The summed E-state index contributed by atoms with van der Waals surface area (Å²) in [5, 5.41) is 5.00. The predicted octanol–water partition coefficient (Wildman–Crippen LogP) is 2.83. The lowest BCUT2D eigenvalue weighted by Crippen LogP contribution is -2.55. The molecule has 2 heterocycles. The second-order valence-electron chi connectivity index (χ2n) is 7.10. The first-order valence-electron chi connectivity index (χ1n) is 9.77. The van der Waals surface area contributed by atoms with E-state index >= 15 is 0 Å². The summed E-state index contributed by atoms with van der Waals surface area (Å²) in [7, 11) is 1.41. The van der Waals surface area contributed by atoms with E-state index in [1.165, 1.54) is 18.1 Å². The van der Waals surface area contributed by atoms with Crippen LogP contribution < -0.4 is 10.2 Å². The fourth-order valence-corrected chi connectivity index (χ4v) is 4.30. The summed E-state index contributed by atoms with van der Waals surface area (Å²) < 4.78 is 4.91. The SMILES string of the molecule is COC(=O)[C@H](CCSC)NC(=S)N1CCN(c2cc(C)c3ccccc3n2)CC1. The van der Waals surface area contributed by atoms with Crippen molar-refractivity contribution < 1.29 is 9.53 Å². The van der Waals surface area contributed by atoms with Gasteiger partial charge in [0.2, 0.25) is 0 Å². The van der Waals surface area contributed by atoms with Gasteiger partial charge < -0.3 is 19.9 Å². The average molecular weight is 433 g/mol. The largest absolute Gasteiger partial charge is 0.467 e. The molecule has 1 aromatic heterocycles. The molecular formula is C21H28N4O2S2. The van der Waals surface area contributed by atoms with E-state index in [0.29, 0.717) is 11.5 Å². The molecule has 8 heteroatoms. The Bertz CT molecular complexity index is 869. The number of methoxy groups -OCH3 is 1. The second kappa shape index (κ2) is 10.1. The van der Waals surface area contributed by atoms with Crippen molar-refractivity contribution in [3.05, 3.63) is 35.9 Å². The minimum absolute atomic E-state index is 0.268. The van der Waals surface area contributed by atoms with Crippen molar-refractivity contribution in [1.82, 2.24) is 15.2 Å². The number of para-hydroxylation sites is 1. The number of carbonyl (C=O) groups excluding carboxylic acids is 1. The molecule has 0 radical (unpaired) electrons. The number of aromatic nitrogens is 1. The number of fused-ring (bicyclic) bond motifs is 1. The number of nitrogens with zero attached hydrogens (tertiary/aromatic N) is 3. The molecule has 6 nitrogen and oxygen atoms in total. The number of hydrogen-bond acceptors (Lipinski definition) is 6. The van der Waals surface area contributed by atoms with Crippen molar-refractivity contribution in [3.63, 3.8) is 0 Å². The number of rotatable bonds is 6. The second-order valence-corrected chi connectivity index (χ2v) is 8.47. The number of thioether (sulfide) groups is 1. The van der Waals surface area contributed by atoms with Crippen LogP contribution in [0.4, 0.5) is 5.82 Å². The third-order valence-electron chi connectivity index (χ3n) is 5.19. The van der Waals surface area contributed by atoms with Crippen LogP contribution in [0, 0.1) is 6.92 Å². The van der Waals surface area contributed by atoms with Crippen molar-refractivity contribution >= 4 is 51.8 Å². The standard InChI is InChI=1S/C21H28N4O2S2/c1-15-14-19(22-17-7-5-4-6-16(15)17)24-9-11-25(12-10-24)21(28)23-18(8-13-29-3)20(26)27-2/h4-7,14,18H,8-13H2,1-3H3,(H,23,28)/t18-/m0/s1. The quantitative estimate of drug-likeness (QED) is 0.552. The lowest BCUT2D eigenvalue weighted by molar-refractivity contribution is -0.142. The fraction of sp³-hybridized carbons (Fsp3) is 0.476. The Morgan fingerprint density at radius 3 is 2.72 bits per heavy atom. The molecule has 1 aromatic carbocycles. The van der Waals surface area contributed by atoms with E-state index in [9.17, 15) is 4.79 Å². The molecule has 156 valence electrons. The first-order valence-corrected chi connectivity index (χ1v) is 11.6. The van der Waals surface area contributed by atoms with E-state index in [-0.39, 0.29) is 5.97 Å². The van der Waals surface area contributed by atoms with Crippen LogP contribution in [-0.4, -0.2) is 72.3 Å². The minimum Gasteiger partial charge on any atom is -0.467 e. The van der Waals surface area contributed by atoms with Crippen molar-refractivity contribution in [3.8, 4) is 0 Å². The van der Waals surface area contributed by atoms with Gasteiger partial charge in [-0.2, -0.15) is 11.8 Å². The lowest BCUT2D eigenvalue weighted by Gasteiger charge is -2.37. The van der Waals surface area contributed by atoms with Crippen LogP contribution >= 0.6 is 24.0 Å². The van der Waals surface area contributed by atoms with E-state index in [1.54, 1.807) is 11.8 Å². The number of pyridine rings is 1. The van der Waals surface area contributed by atoms with Gasteiger partial charge in [0.05, 0.1) is 12.6 Å². The van der Waals surface area contributed by atoms with Crippen LogP contribution in [0.5, 0.6) is 0 Å². The lowest BCUT2D eigenvalue weighted by atomic mass is 10.1. The van der Waals surface area contributed by atoms with Crippen molar-refractivity contribution in [1.29, 1.82) is 0 Å². The molecule has 0 saturated carbocycles. The molecule has 0 spiro atoms.